The zero-order valence-electron chi connectivity index (χ0n) is 10.5. The summed E-state index contributed by atoms with van der Waals surface area (Å²) in [4.78, 5) is 0. The van der Waals surface area contributed by atoms with E-state index in [-0.39, 0.29) is 0 Å². The van der Waals surface area contributed by atoms with E-state index < -0.39 is 0 Å². The van der Waals surface area contributed by atoms with Crippen molar-refractivity contribution in [3.8, 4) is 0 Å². The first-order chi connectivity index (χ1) is 7.75. The van der Waals surface area contributed by atoms with Crippen molar-refractivity contribution in [1.29, 1.82) is 0 Å². The summed E-state index contributed by atoms with van der Waals surface area (Å²) in [7, 11) is 0. The van der Waals surface area contributed by atoms with Crippen molar-refractivity contribution in [2.45, 2.75) is 45.6 Å². The van der Waals surface area contributed by atoms with E-state index >= 15 is 0 Å². The molecule has 0 aromatic carbocycles. The van der Waals surface area contributed by atoms with Crippen LogP contribution in [-0.2, 0) is 0 Å². The van der Waals surface area contributed by atoms with Gasteiger partial charge in [0.15, 0.2) is 0 Å². The van der Waals surface area contributed by atoms with Gasteiger partial charge in [-0.15, -0.1) is 0 Å². The lowest BCUT2D eigenvalue weighted by atomic mass is 9.69. The zero-order chi connectivity index (χ0) is 11.1. The molecule has 0 aliphatic heterocycles. The van der Waals surface area contributed by atoms with Crippen LogP contribution in [0.5, 0.6) is 0 Å². The molecule has 1 nitrogen and oxygen atoms in total. The van der Waals surface area contributed by atoms with E-state index in [9.17, 15) is 0 Å². The van der Waals surface area contributed by atoms with E-state index in [4.69, 9.17) is 0 Å². The van der Waals surface area contributed by atoms with Crippen LogP contribution in [0.3, 0.4) is 0 Å². The molecule has 2 saturated carbocycles. The lowest BCUT2D eigenvalue weighted by Crippen LogP contribution is -2.27. The largest absolute Gasteiger partial charge is 0.351 e. The summed E-state index contributed by atoms with van der Waals surface area (Å²) in [5, 5.41) is 0. The van der Waals surface area contributed by atoms with Crippen molar-refractivity contribution >= 4 is 0 Å². The predicted octanol–water partition coefficient (Wildman–Crippen LogP) is 4.12. The Morgan fingerprint density at radius 2 is 1.38 bits per heavy atom. The predicted molar refractivity (Wildman–Crippen MR) is 67.2 cm³/mol. The highest BCUT2D eigenvalue weighted by molar-refractivity contribution is 4.99. The fraction of sp³-hybridized carbons (Fsp3) is 0.733. The van der Waals surface area contributed by atoms with Gasteiger partial charge in [0.25, 0.3) is 0 Å². The monoisotopic (exact) mass is 217 g/mol. The highest BCUT2D eigenvalue weighted by Crippen LogP contribution is 2.51. The van der Waals surface area contributed by atoms with E-state index in [1.165, 1.54) is 25.7 Å². The summed E-state index contributed by atoms with van der Waals surface area (Å²) in [5.41, 5.74) is 0. The van der Waals surface area contributed by atoms with Crippen LogP contribution in [-0.4, -0.2) is 4.57 Å². The van der Waals surface area contributed by atoms with Crippen LogP contribution in [0.2, 0.25) is 0 Å². The molecule has 1 heteroatoms. The highest BCUT2D eigenvalue weighted by Gasteiger charge is 2.42. The van der Waals surface area contributed by atoms with Gasteiger partial charge in [0.2, 0.25) is 0 Å². The molecular weight excluding hydrogens is 194 g/mol. The van der Waals surface area contributed by atoms with E-state index in [0.29, 0.717) is 0 Å². The molecule has 1 heterocycles. The van der Waals surface area contributed by atoms with Crippen LogP contribution in [0.1, 0.15) is 45.6 Å². The van der Waals surface area contributed by atoms with Crippen LogP contribution < -0.4 is 0 Å². The molecule has 0 saturated heterocycles. The number of hydrogen-bond acceptors (Lipinski definition) is 0. The van der Waals surface area contributed by atoms with Gasteiger partial charge in [0.1, 0.15) is 0 Å². The Bertz CT molecular complexity index is 322. The maximum Gasteiger partial charge on any atom is 0.0336 e. The van der Waals surface area contributed by atoms with Crippen LogP contribution in [0, 0.1) is 23.7 Å². The molecule has 2 aliphatic carbocycles. The summed E-state index contributed by atoms with van der Waals surface area (Å²) in [6.07, 6.45) is 10.3. The van der Waals surface area contributed by atoms with Gasteiger partial charge in [-0.2, -0.15) is 0 Å². The molecule has 4 atom stereocenters. The molecule has 4 unspecified atom stereocenters. The molecular formula is C15H23N. The number of fused-ring (bicyclic) bond motifs is 1. The smallest absolute Gasteiger partial charge is 0.0336 e. The van der Waals surface area contributed by atoms with E-state index in [2.05, 4.69) is 42.9 Å². The minimum absolute atomic E-state index is 0.785. The molecule has 88 valence electrons. The fourth-order valence-corrected chi connectivity index (χ4v) is 4.17. The number of rotatable bonds is 1. The third-order valence-corrected chi connectivity index (χ3v) is 5.23. The number of nitrogens with zero attached hydrogens (tertiary/aromatic N) is 1. The van der Waals surface area contributed by atoms with Gasteiger partial charge >= 0.3 is 0 Å². The molecule has 0 bridgehead atoms. The van der Waals surface area contributed by atoms with Crippen molar-refractivity contribution in [3.63, 3.8) is 0 Å². The summed E-state index contributed by atoms with van der Waals surface area (Å²) in [6, 6.07) is 5.11. The molecule has 0 amide bonds. The van der Waals surface area contributed by atoms with Gasteiger partial charge in [-0.1, -0.05) is 26.7 Å². The molecule has 0 spiro atoms. The minimum atomic E-state index is 0.785. The molecule has 0 radical (unpaired) electrons. The highest BCUT2D eigenvalue weighted by atomic mass is 15.0. The van der Waals surface area contributed by atoms with E-state index in [0.717, 1.165) is 29.7 Å². The zero-order valence-corrected chi connectivity index (χ0v) is 10.5. The average Bonchev–Trinajstić information content (AvgIpc) is 2.90. The van der Waals surface area contributed by atoms with Crippen LogP contribution in [0.25, 0.3) is 0 Å². The first kappa shape index (κ1) is 10.4. The van der Waals surface area contributed by atoms with Gasteiger partial charge in [-0.05, 0) is 48.6 Å². The average molecular weight is 217 g/mol. The summed E-state index contributed by atoms with van der Waals surface area (Å²) < 4.78 is 2.44. The molecule has 2 fully saturated rings. The van der Waals surface area contributed by atoms with Crippen molar-refractivity contribution in [2.24, 2.45) is 23.7 Å². The van der Waals surface area contributed by atoms with E-state index in [1.54, 1.807) is 0 Å². The molecule has 2 aliphatic rings. The Kier molecular flexibility index (Phi) is 2.57. The third-order valence-electron chi connectivity index (χ3n) is 5.23. The van der Waals surface area contributed by atoms with Gasteiger partial charge in [-0.25, -0.2) is 0 Å². The standard InChI is InChI=1S/C15H23N/c1-11-5-6-12(2)15-10-13(9-14(11)15)16-7-3-4-8-16/h3-4,7-8,11-15H,5-6,9-10H2,1-2H3. The van der Waals surface area contributed by atoms with Crippen molar-refractivity contribution in [1.82, 2.24) is 4.57 Å². The summed E-state index contributed by atoms with van der Waals surface area (Å²) in [5.74, 6) is 3.91. The Labute approximate surface area is 98.9 Å². The fourth-order valence-electron chi connectivity index (χ4n) is 4.17. The maximum absolute atomic E-state index is 2.47. The number of hydrogen-bond donors (Lipinski definition) is 0. The van der Waals surface area contributed by atoms with Crippen molar-refractivity contribution in [2.75, 3.05) is 0 Å². The van der Waals surface area contributed by atoms with Crippen molar-refractivity contribution < 1.29 is 0 Å². The van der Waals surface area contributed by atoms with Crippen molar-refractivity contribution in [3.05, 3.63) is 24.5 Å². The second kappa shape index (κ2) is 3.94. The number of aromatic nitrogens is 1. The maximum atomic E-state index is 2.47. The summed E-state index contributed by atoms with van der Waals surface area (Å²) >= 11 is 0. The Morgan fingerprint density at radius 1 is 0.875 bits per heavy atom. The van der Waals surface area contributed by atoms with Crippen LogP contribution in [0.4, 0.5) is 0 Å². The van der Waals surface area contributed by atoms with Gasteiger partial charge in [0, 0.05) is 18.4 Å². The minimum Gasteiger partial charge on any atom is -0.351 e. The molecule has 1 aromatic rings. The molecule has 3 rings (SSSR count). The molecule has 0 N–H and O–H groups in total. The van der Waals surface area contributed by atoms with Crippen LogP contribution >= 0.6 is 0 Å². The topological polar surface area (TPSA) is 4.93 Å². The lowest BCUT2D eigenvalue weighted by molar-refractivity contribution is 0.137. The summed E-state index contributed by atoms with van der Waals surface area (Å²) in [6.45, 7) is 4.95. The van der Waals surface area contributed by atoms with Gasteiger partial charge < -0.3 is 4.57 Å². The third kappa shape index (κ3) is 1.61. The van der Waals surface area contributed by atoms with Crippen LogP contribution in [0.15, 0.2) is 24.5 Å². The van der Waals surface area contributed by atoms with E-state index in [1.807, 2.05) is 0 Å². The Morgan fingerprint density at radius 3 is 1.88 bits per heavy atom. The normalized spacial score (nSPS) is 43.2. The molecule has 16 heavy (non-hydrogen) atoms. The SMILES string of the molecule is CC1CCC(C)C2CC(n3cccc3)CC12. The Hall–Kier alpha value is -0.720. The first-order valence-electron chi connectivity index (χ1n) is 6.88. The molecule has 1 aromatic heterocycles. The Balaban J connectivity index is 1.79. The lowest BCUT2D eigenvalue weighted by Gasteiger charge is -2.36. The second-order valence-electron chi connectivity index (χ2n) is 6.12. The first-order valence-corrected chi connectivity index (χ1v) is 6.88. The van der Waals surface area contributed by atoms with Gasteiger partial charge in [0.05, 0.1) is 0 Å². The quantitative estimate of drug-likeness (QED) is 0.667. The van der Waals surface area contributed by atoms with Gasteiger partial charge in [-0.3, -0.25) is 0 Å². The second-order valence-corrected chi connectivity index (χ2v) is 6.12.